The molecule has 0 bridgehead atoms. The quantitative estimate of drug-likeness (QED) is 0.745. The summed E-state index contributed by atoms with van der Waals surface area (Å²) in [5, 5.41) is 12.6. The molecule has 112 valence electrons. The zero-order chi connectivity index (χ0) is 14.3. The zero-order valence-corrected chi connectivity index (χ0v) is 12.7. The van der Waals surface area contributed by atoms with E-state index in [1.807, 2.05) is 0 Å². The van der Waals surface area contributed by atoms with Gasteiger partial charge in [0.1, 0.15) is 6.04 Å². The number of aliphatic carboxylic acids is 1. The van der Waals surface area contributed by atoms with E-state index in [0.29, 0.717) is 18.4 Å². The number of nitrogens with one attached hydrogen (secondary N) is 1. The van der Waals surface area contributed by atoms with E-state index in [9.17, 15) is 9.90 Å². The van der Waals surface area contributed by atoms with Gasteiger partial charge < -0.3 is 15.3 Å². The van der Waals surface area contributed by atoms with Gasteiger partial charge >= 0.3 is 5.97 Å². The van der Waals surface area contributed by atoms with Gasteiger partial charge in [-0.3, -0.25) is 4.79 Å². The van der Waals surface area contributed by atoms with Crippen molar-refractivity contribution in [1.82, 2.24) is 10.2 Å². The van der Waals surface area contributed by atoms with E-state index < -0.39 is 5.97 Å². The van der Waals surface area contributed by atoms with Crippen molar-refractivity contribution in [2.45, 2.75) is 65.0 Å². The first kappa shape index (κ1) is 16.4. The molecule has 0 aromatic rings. The monoisotopic (exact) mass is 270 g/mol. The Kier molecular flexibility index (Phi) is 7.39. The largest absolute Gasteiger partial charge is 0.480 e. The van der Waals surface area contributed by atoms with Crippen LogP contribution in [-0.2, 0) is 4.79 Å². The van der Waals surface area contributed by atoms with Crippen LogP contribution in [0.5, 0.6) is 0 Å². The first-order valence-corrected chi connectivity index (χ1v) is 7.74. The van der Waals surface area contributed by atoms with Crippen LogP contribution in [0.15, 0.2) is 0 Å². The van der Waals surface area contributed by atoms with Gasteiger partial charge in [-0.15, -0.1) is 0 Å². The van der Waals surface area contributed by atoms with Crippen LogP contribution in [0.1, 0.15) is 52.9 Å². The fourth-order valence-electron chi connectivity index (χ4n) is 2.86. The number of carboxylic acids is 1. The molecular formula is C15H30N2O2. The highest BCUT2D eigenvalue weighted by atomic mass is 16.4. The van der Waals surface area contributed by atoms with Gasteiger partial charge in [-0.1, -0.05) is 20.8 Å². The second-order valence-electron chi connectivity index (χ2n) is 6.16. The number of likely N-dealkylation sites (tertiary alicyclic amines) is 1. The van der Waals surface area contributed by atoms with Crippen molar-refractivity contribution in [1.29, 1.82) is 0 Å². The Morgan fingerprint density at radius 1 is 1.37 bits per heavy atom. The maximum Gasteiger partial charge on any atom is 0.320 e. The summed E-state index contributed by atoms with van der Waals surface area (Å²) in [6.07, 6.45) is 5.25. The molecule has 0 radical (unpaired) electrons. The second-order valence-corrected chi connectivity index (χ2v) is 6.16. The first-order chi connectivity index (χ1) is 9.02. The van der Waals surface area contributed by atoms with E-state index in [0.717, 1.165) is 25.9 Å². The van der Waals surface area contributed by atoms with E-state index in [2.05, 4.69) is 31.0 Å². The lowest BCUT2D eigenvalue weighted by molar-refractivity contribution is -0.140. The predicted molar refractivity (Wildman–Crippen MR) is 78.4 cm³/mol. The standard InChI is InChI=1S/C15H30N2O2/c1-4-8-17-9-5-6-13(7-10-17)16-14(15(18)19)11-12(2)3/h12-14,16H,4-11H2,1-3H3,(H,18,19). The van der Waals surface area contributed by atoms with Crippen molar-refractivity contribution in [2.24, 2.45) is 5.92 Å². The van der Waals surface area contributed by atoms with Gasteiger partial charge in [0.25, 0.3) is 0 Å². The molecule has 0 spiro atoms. The van der Waals surface area contributed by atoms with Gasteiger partial charge in [-0.2, -0.15) is 0 Å². The van der Waals surface area contributed by atoms with Crippen molar-refractivity contribution < 1.29 is 9.90 Å². The number of rotatable bonds is 7. The molecule has 0 amide bonds. The Hall–Kier alpha value is -0.610. The maximum atomic E-state index is 11.3. The number of carbonyl (C=O) groups is 1. The predicted octanol–water partition coefficient (Wildman–Crippen LogP) is 2.34. The molecule has 0 aromatic carbocycles. The Morgan fingerprint density at radius 2 is 2.11 bits per heavy atom. The highest BCUT2D eigenvalue weighted by molar-refractivity contribution is 5.73. The van der Waals surface area contributed by atoms with Crippen molar-refractivity contribution in [3.8, 4) is 0 Å². The molecular weight excluding hydrogens is 240 g/mol. The summed E-state index contributed by atoms with van der Waals surface area (Å²) < 4.78 is 0. The number of nitrogens with zero attached hydrogens (tertiary/aromatic N) is 1. The van der Waals surface area contributed by atoms with Gasteiger partial charge in [0.2, 0.25) is 0 Å². The molecule has 19 heavy (non-hydrogen) atoms. The van der Waals surface area contributed by atoms with Crippen LogP contribution in [0.25, 0.3) is 0 Å². The second kappa shape index (κ2) is 8.54. The Labute approximate surface area is 117 Å². The smallest absolute Gasteiger partial charge is 0.320 e. The van der Waals surface area contributed by atoms with E-state index in [4.69, 9.17) is 0 Å². The van der Waals surface area contributed by atoms with Crippen molar-refractivity contribution in [3.05, 3.63) is 0 Å². The minimum atomic E-state index is -0.705. The van der Waals surface area contributed by atoms with Crippen LogP contribution in [0.3, 0.4) is 0 Å². The average Bonchev–Trinajstić information content (AvgIpc) is 2.54. The summed E-state index contributed by atoms with van der Waals surface area (Å²) in [5.74, 6) is -0.292. The van der Waals surface area contributed by atoms with Gasteiger partial charge in [0.05, 0.1) is 0 Å². The lowest BCUT2D eigenvalue weighted by Crippen LogP contribution is -2.44. The average molecular weight is 270 g/mol. The van der Waals surface area contributed by atoms with Gasteiger partial charge in [0.15, 0.2) is 0 Å². The zero-order valence-electron chi connectivity index (χ0n) is 12.7. The Bertz CT molecular complexity index is 269. The number of hydrogen-bond acceptors (Lipinski definition) is 3. The first-order valence-electron chi connectivity index (χ1n) is 7.74. The van der Waals surface area contributed by atoms with Crippen LogP contribution in [-0.4, -0.2) is 47.7 Å². The number of carboxylic acid groups (broad SMARTS) is 1. The molecule has 0 aromatic heterocycles. The third-order valence-electron chi connectivity index (χ3n) is 3.80. The van der Waals surface area contributed by atoms with Crippen LogP contribution in [0.2, 0.25) is 0 Å². The summed E-state index contributed by atoms with van der Waals surface area (Å²) in [4.78, 5) is 13.8. The highest BCUT2D eigenvalue weighted by Crippen LogP contribution is 2.14. The summed E-state index contributed by atoms with van der Waals surface area (Å²) in [6.45, 7) is 9.79. The lowest BCUT2D eigenvalue weighted by Gasteiger charge is -2.23. The fourth-order valence-corrected chi connectivity index (χ4v) is 2.86. The number of hydrogen-bond donors (Lipinski definition) is 2. The molecule has 2 atom stereocenters. The van der Waals surface area contributed by atoms with E-state index >= 15 is 0 Å². The highest BCUT2D eigenvalue weighted by Gasteiger charge is 2.24. The third-order valence-corrected chi connectivity index (χ3v) is 3.80. The summed E-state index contributed by atoms with van der Waals surface area (Å²) >= 11 is 0. The normalized spacial score (nSPS) is 23.3. The Balaban J connectivity index is 2.44. The minimum absolute atomic E-state index is 0.363. The Morgan fingerprint density at radius 3 is 2.68 bits per heavy atom. The molecule has 4 heteroatoms. The molecule has 2 N–H and O–H groups in total. The molecule has 1 fully saturated rings. The van der Waals surface area contributed by atoms with Gasteiger partial charge in [0, 0.05) is 6.04 Å². The third kappa shape index (κ3) is 6.39. The summed E-state index contributed by atoms with van der Waals surface area (Å²) in [6, 6.07) is -0.0237. The SMILES string of the molecule is CCCN1CCCC(NC(CC(C)C)C(=O)O)CC1. The van der Waals surface area contributed by atoms with Crippen molar-refractivity contribution >= 4 is 5.97 Å². The summed E-state index contributed by atoms with van der Waals surface area (Å²) in [7, 11) is 0. The molecule has 1 heterocycles. The van der Waals surface area contributed by atoms with Gasteiger partial charge in [-0.05, 0) is 57.7 Å². The molecule has 0 aliphatic carbocycles. The summed E-state index contributed by atoms with van der Waals surface area (Å²) in [5.41, 5.74) is 0. The van der Waals surface area contributed by atoms with Crippen LogP contribution < -0.4 is 5.32 Å². The molecule has 1 rings (SSSR count). The topological polar surface area (TPSA) is 52.6 Å². The van der Waals surface area contributed by atoms with Crippen LogP contribution in [0, 0.1) is 5.92 Å². The van der Waals surface area contributed by atoms with Gasteiger partial charge in [-0.25, -0.2) is 0 Å². The van der Waals surface area contributed by atoms with E-state index in [1.54, 1.807) is 0 Å². The molecule has 1 saturated heterocycles. The minimum Gasteiger partial charge on any atom is -0.480 e. The van der Waals surface area contributed by atoms with Crippen LogP contribution >= 0.6 is 0 Å². The van der Waals surface area contributed by atoms with Crippen LogP contribution in [0.4, 0.5) is 0 Å². The van der Waals surface area contributed by atoms with E-state index in [1.165, 1.54) is 19.4 Å². The molecule has 4 nitrogen and oxygen atoms in total. The van der Waals surface area contributed by atoms with E-state index in [-0.39, 0.29) is 6.04 Å². The fraction of sp³-hybridized carbons (Fsp3) is 0.933. The lowest BCUT2D eigenvalue weighted by atomic mass is 10.0. The molecule has 0 saturated carbocycles. The maximum absolute atomic E-state index is 11.3. The van der Waals surface area contributed by atoms with Crippen molar-refractivity contribution in [2.75, 3.05) is 19.6 Å². The molecule has 1 aliphatic rings. The van der Waals surface area contributed by atoms with Crippen molar-refractivity contribution in [3.63, 3.8) is 0 Å². The molecule has 2 unspecified atom stereocenters. The molecule has 1 aliphatic heterocycles.